The molecule has 7 nitrogen and oxygen atoms in total. The second kappa shape index (κ2) is 11.5. The van der Waals surface area contributed by atoms with Crippen LogP contribution in [0.4, 0.5) is 0 Å². The molecule has 0 atom stereocenters. The second-order valence-corrected chi connectivity index (χ2v) is 7.99. The molecule has 126 valence electrons. The fourth-order valence-corrected chi connectivity index (χ4v) is 4.61. The summed E-state index contributed by atoms with van der Waals surface area (Å²) in [6.45, 7) is 7.80. The lowest BCUT2D eigenvalue weighted by atomic mass is 10.3. The van der Waals surface area contributed by atoms with Crippen molar-refractivity contribution in [3.8, 4) is 0 Å². The Morgan fingerprint density at radius 2 is 1.19 bits per heavy atom. The highest BCUT2D eigenvalue weighted by atomic mass is 28.4. The van der Waals surface area contributed by atoms with Crippen molar-refractivity contribution in [3.63, 3.8) is 0 Å². The Morgan fingerprint density at radius 3 is 1.76 bits per heavy atom. The van der Waals surface area contributed by atoms with Crippen LogP contribution in [0.15, 0.2) is 0 Å². The highest BCUT2D eigenvalue weighted by molar-refractivity contribution is 6.57. The lowest BCUT2D eigenvalue weighted by Gasteiger charge is -2.35. The maximum Gasteiger partial charge on any atom is 0.598 e. The van der Waals surface area contributed by atoms with E-state index in [-0.39, 0.29) is 0 Å². The van der Waals surface area contributed by atoms with E-state index in [0.717, 1.165) is 65.2 Å². The van der Waals surface area contributed by atoms with E-state index in [4.69, 9.17) is 13.3 Å². The average molecular weight is 321 g/mol. The van der Waals surface area contributed by atoms with E-state index in [1.54, 1.807) is 21.3 Å². The van der Waals surface area contributed by atoms with Gasteiger partial charge in [0.2, 0.25) is 0 Å². The molecule has 3 N–H and O–H groups in total. The molecule has 0 aliphatic carbocycles. The van der Waals surface area contributed by atoms with E-state index in [9.17, 15) is 0 Å². The van der Waals surface area contributed by atoms with Crippen LogP contribution in [-0.2, 0) is 13.3 Å². The fraction of sp³-hybridized carbons (Fsp3) is 1.00. The van der Waals surface area contributed by atoms with Crippen LogP contribution in [0.1, 0.15) is 12.8 Å². The van der Waals surface area contributed by atoms with Crippen LogP contribution in [0.3, 0.4) is 0 Å². The van der Waals surface area contributed by atoms with Gasteiger partial charge in [-0.1, -0.05) is 0 Å². The van der Waals surface area contributed by atoms with E-state index < -0.39 is 8.97 Å². The number of nitrogens with one attached hydrogen (secondary N) is 3. The van der Waals surface area contributed by atoms with Crippen molar-refractivity contribution < 1.29 is 13.3 Å². The van der Waals surface area contributed by atoms with Crippen molar-refractivity contribution >= 4 is 8.97 Å². The van der Waals surface area contributed by atoms with Gasteiger partial charge in [0.25, 0.3) is 0 Å². The van der Waals surface area contributed by atoms with Gasteiger partial charge < -0.3 is 29.2 Å². The lowest BCUT2D eigenvalue weighted by molar-refractivity contribution is 0.0571. The lowest BCUT2D eigenvalue weighted by Crippen LogP contribution is -2.61. The maximum atomic E-state index is 5.61. The van der Waals surface area contributed by atoms with Crippen LogP contribution in [0, 0.1) is 0 Å². The highest BCUT2D eigenvalue weighted by Crippen LogP contribution is 2.13. The van der Waals surface area contributed by atoms with Crippen LogP contribution >= 0.6 is 0 Å². The Hall–Kier alpha value is -0.0631. The SMILES string of the molecule is CO[Si](OC)(OC)N1CCCNCCNCCCNCC1. The summed E-state index contributed by atoms with van der Waals surface area (Å²) in [5.41, 5.74) is 0. The van der Waals surface area contributed by atoms with Crippen molar-refractivity contribution in [1.29, 1.82) is 0 Å². The van der Waals surface area contributed by atoms with Gasteiger partial charge in [-0.05, 0) is 39.0 Å². The standard InChI is InChI=1S/C13H32N4O3Si/c1-18-21(19-2,20-3)17-12-5-8-15-10-9-14-6-4-7-16-11-13-17/h14-16H,4-13H2,1-3H3. The highest BCUT2D eigenvalue weighted by Gasteiger charge is 2.45. The summed E-state index contributed by atoms with van der Waals surface area (Å²) in [5.74, 6) is 0. The minimum absolute atomic E-state index is 0.870. The van der Waals surface area contributed by atoms with Gasteiger partial charge in [-0.3, -0.25) is 4.57 Å². The van der Waals surface area contributed by atoms with E-state index in [2.05, 4.69) is 20.5 Å². The summed E-state index contributed by atoms with van der Waals surface area (Å²) in [6.07, 6.45) is 2.19. The predicted octanol–water partition coefficient (Wildman–Crippen LogP) is -0.774. The topological polar surface area (TPSA) is 67.0 Å². The van der Waals surface area contributed by atoms with Crippen LogP contribution in [-0.4, -0.2) is 87.2 Å². The first-order chi connectivity index (χ1) is 10.3. The third-order valence-corrected chi connectivity index (χ3v) is 6.46. The van der Waals surface area contributed by atoms with Crippen LogP contribution < -0.4 is 16.0 Å². The molecule has 0 bridgehead atoms. The molecule has 1 fully saturated rings. The molecule has 0 radical (unpaired) electrons. The van der Waals surface area contributed by atoms with Gasteiger partial charge >= 0.3 is 8.97 Å². The molecule has 0 amide bonds. The summed E-state index contributed by atoms with van der Waals surface area (Å²) in [7, 11) is 2.30. The molecule has 8 heteroatoms. The second-order valence-electron chi connectivity index (χ2n) is 5.08. The Bertz CT molecular complexity index is 235. The van der Waals surface area contributed by atoms with Crippen molar-refractivity contribution in [3.05, 3.63) is 0 Å². The first kappa shape index (κ1) is 19.0. The molecule has 0 spiro atoms. The predicted molar refractivity (Wildman–Crippen MR) is 86.2 cm³/mol. The number of rotatable bonds is 4. The van der Waals surface area contributed by atoms with Crippen LogP contribution in [0.25, 0.3) is 0 Å². The molecular weight excluding hydrogens is 288 g/mol. The van der Waals surface area contributed by atoms with E-state index in [1.807, 2.05) is 0 Å². The summed E-state index contributed by atoms with van der Waals surface area (Å²) < 4.78 is 19.0. The van der Waals surface area contributed by atoms with Gasteiger partial charge in [0, 0.05) is 47.5 Å². The molecule has 1 saturated heterocycles. The zero-order chi connectivity index (χ0) is 15.4. The molecule has 21 heavy (non-hydrogen) atoms. The zero-order valence-electron chi connectivity index (χ0n) is 13.7. The molecule has 1 aliphatic heterocycles. The van der Waals surface area contributed by atoms with Gasteiger partial charge in [0.1, 0.15) is 0 Å². The van der Waals surface area contributed by atoms with E-state index >= 15 is 0 Å². The summed E-state index contributed by atoms with van der Waals surface area (Å²) in [4.78, 5) is 0. The van der Waals surface area contributed by atoms with Crippen molar-refractivity contribution in [2.24, 2.45) is 0 Å². The van der Waals surface area contributed by atoms with Crippen molar-refractivity contribution in [2.75, 3.05) is 73.7 Å². The average Bonchev–Trinajstić information content (AvgIpc) is 2.52. The normalized spacial score (nSPS) is 21.9. The van der Waals surface area contributed by atoms with Crippen LogP contribution in [0.2, 0.25) is 0 Å². The fourth-order valence-electron chi connectivity index (χ4n) is 2.52. The summed E-state index contributed by atoms with van der Waals surface area (Å²) in [6, 6.07) is 0. The quantitative estimate of drug-likeness (QED) is 0.588. The number of nitrogens with zero attached hydrogens (tertiary/aromatic N) is 1. The van der Waals surface area contributed by atoms with Gasteiger partial charge in [-0.25, -0.2) is 0 Å². The smallest absolute Gasteiger partial charge is 0.364 e. The number of hydrogen-bond acceptors (Lipinski definition) is 7. The number of hydrogen-bond donors (Lipinski definition) is 3. The van der Waals surface area contributed by atoms with Gasteiger partial charge in [0.15, 0.2) is 0 Å². The summed E-state index contributed by atoms with van der Waals surface area (Å²) >= 11 is 0. The molecule has 1 rings (SSSR count). The first-order valence-corrected chi connectivity index (χ1v) is 9.49. The summed E-state index contributed by atoms with van der Waals surface area (Å²) in [5, 5.41) is 10.4. The molecule has 1 heterocycles. The van der Waals surface area contributed by atoms with Crippen LogP contribution in [0.5, 0.6) is 0 Å². The molecule has 0 unspecified atom stereocenters. The Morgan fingerprint density at radius 1 is 0.667 bits per heavy atom. The Labute approximate surface area is 130 Å². The maximum absolute atomic E-state index is 5.61. The minimum Gasteiger partial charge on any atom is -0.364 e. The zero-order valence-corrected chi connectivity index (χ0v) is 14.7. The van der Waals surface area contributed by atoms with Crippen molar-refractivity contribution in [1.82, 2.24) is 20.5 Å². The van der Waals surface area contributed by atoms with E-state index in [0.29, 0.717) is 0 Å². The molecule has 0 saturated carbocycles. The van der Waals surface area contributed by atoms with Gasteiger partial charge in [-0.15, -0.1) is 0 Å². The largest absolute Gasteiger partial charge is 0.598 e. The molecular formula is C13H32N4O3Si. The monoisotopic (exact) mass is 320 g/mol. The van der Waals surface area contributed by atoms with E-state index in [1.165, 1.54) is 0 Å². The third kappa shape index (κ3) is 6.70. The molecule has 0 aromatic rings. The third-order valence-electron chi connectivity index (χ3n) is 3.69. The minimum atomic E-state index is -2.71. The van der Waals surface area contributed by atoms with Gasteiger partial charge in [-0.2, -0.15) is 0 Å². The first-order valence-electron chi connectivity index (χ1n) is 7.81. The van der Waals surface area contributed by atoms with Gasteiger partial charge in [0.05, 0.1) is 0 Å². The molecule has 0 aromatic carbocycles. The Kier molecular flexibility index (Phi) is 10.4. The van der Waals surface area contributed by atoms with Crippen molar-refractivity contribution in [2.45, 2.75) is 12.8 Å². The Balaban J connectivity index is 2.55. The molecule has 0 aromatic heterocycles. The molecule has 1 aliphatic rings.